The molecule has 5 rings (SSSR count). The molecule has 1 aliphatic carbocycles. The minimum absolute atomic E-state index is 0.0281. The molecule has 1 aliphatic rings. The molecule has 4 aromatic rings. The van der Waals surface area contributed by atoms with Crippen LogP contribution in [0.25, 0.3) is 22.4 Å². The van der Waals surface area contributed by atoms with Gasteiger partial charge in [0.2, 0.25) is 5.91 Å². The van der Waals surface area contributed by atoms with E-state index in [2.05, 4.69) is 0 Å². The maximum atomic E-state index is 14.3. The Labute approximate surface area is 223 Å². The minimum Gasteiger partial charge on any atom is -0.478 e. The van der Waals surface area contributed by atoms with Crippen LogP contribution in [0.3, 0.4) is 0 Å². The number of hydrogen-bond donors (Lipinski definition) is 1. The lowest BCUT2D eigenvalue weighted by atomic mass is 9.85. The van der Waals surface area contributed by atoms with E-state index in [4.69, 9.17) is 28.2 Å². The number of fused-ring (bicyclic) bond motifs is 1. The Hall–Kier alpha value is -3.42. The summed E-state index contributed by atoms with van der Waals surface area (Å²) in [5, 5.41) is 10.2. The number of carboxylic acids is 1. The number of rotatable bonds is 5. The molecule has 0 aliphatic heterocycles. The van der Waals surface area contributed by atoms with Crippen LogP contribution in [0.4, 0.5) is 10.1 Å². The number of nitrogens with zero attached hydrogens (tertiary/aromatic N) is 3. The predicted octanol–water partition coefficient (Wildman–Crippen LogP) is 7.52. The third-order valence-corrected chi connectivity index (χ3v) is 7.51. The van der Waals surface area contributed by atoms with Crippen molar-refractivity contribution in [3.63, 3.8) is 0 Å². The normalized spacial score (nSPS) is 15.0. The molecule has 37 heavy (non-hydrogen) atoms. The van der Waals surface area contributed by atoms with E-state index in [0.29, 0.717) is 40.4 Å². The summed E-state index contributed by atoms with van der Waals surface area (Å²) in [5.41, 5.74) is 1.43. The largest absolute Gasteiger partial charge is 0.478 e. The van der Waals surface area contributed by atoms with E-state index in [9.17, 15) is 19.1 Å². The molecular weight excluding hydrogens is 516 g/mol. The van der Waals surface area contributed by atoms with Crippen LogP contribution in [0, 0.1) is 5.82 Å². The van der Waals surface area contributed by atoms with Gasteiger partial charge in [-0.2, -0.15) is 0 Å². The Morgan fingerprint density at radius 1 is 1.00 bits per heavy atom. The van der Waals surface area contributed by atoms with Crippen LogP contribution in [0.1, 0.15) is 49.4 Å². The summed E-state index contributed by atoms with van der Waals surface area (Å²) in [7, 11) is 0. The molecule has 1 heterocycles. The number of carbonyl (C=O) groups is 2. The Morgan fingerprint density at radius 3 is 2.32 bits per heavy atom. The number of hydrogen-bond acceptors (Lipinski definition) is 3. The van der Waals surface area contributed by atoms with Gasteiger partial charge in [-0.05, 0) is 80.3 Å². The SMILES string of the molecule is CC(=O)N(c1ccc(C(=O)O)cc1Cl)C1(n2c(-c3ccc(Cl)cc3)nc3cc(F)ccc32)CCCCC1. The molecule has 0 atom stereocenters. The van der Waals surface area contributed by atoms with Gasteiger partial charge in [-0.25, -0.2) is 14.2 Å². The van der Waals surface area contributed by atoms with Crippen molar-refractivity contribution in [2.75, 3.05) is 4.90 Å². The second kappa shape index (κ2) is 9.80. The number of carbonyl (C=O) groups excluding carboxylic acids is 1. The van der Waals surface area contributed by atoms with Crippen LogP contribution < -0.4 is 4.90 Å². The molecule has 3 aromatic carbocycles. The van der Waals surface area contributed by atoms with Crippen molar-refractivity contribution in [2.24, 2.45) is 0 Å². The second-order valence-electron chi connectivity index (χ2n) is 9.28. The van der Waals surface area contributed by atoms with Crippen molar-refractivity contribution in [1.82, 2.24) is 9.55 Å². The quantitative estimate of drug-likeness (QED) is 0.284. The first-order valence-corrected chi connectivity index (χ1v) is 12.7. The Balaban J connectivity index is 1.83. The van der Waals surface area contributed by atoms with E-state index in [1.54, 1.807) is 29.2 Å². The molecule has 0 unspecified atom stereocenters. The van der Waals surface area contributed by atoms with Crippen LogP contribution in [0.15, 0.2) is 60.7 Å². The van der Waals surface area contributed by atoms with Crippen molar-refractivity contribution in [1.29, 1.82) is 0 Å². The number of imidazole rings is 1. The van der Waals surface area contributed by atoms with Crippen molar-refractivity contribution in [3.8, 4) is 11.4 Å². The summed E-state index contributed by atoms with van der Waals surface area (Å²) >= 11 is 12.8. The highest BCUT2D eigenvalue weighted by Crippen LogP contribution is 2.47. The zero-order chi connectivity index (χ0) is 26.3. The maximum Gasteiger partial charge on any atom is 0.335 e. The minimum atomic E-state index is -1.11. The molecule has 0 bridgehead atoms. The highest BCUT2D eigenvalue weighted by atomic mass is 35.5. The van der Waals surface area contributed by atoms with E-state index in [1.807, 2.05) is 16.7 Å². The highest BCUT2D eigenvalue weighted by molar-refractivity contribution is 6.34. The smallest absolute Gasteiger partial charge is 0.335 e. The van der Waals surface area contributed by atoms with Gasteiger partial charge in [0.05, 0.1) is 27.3 Å². The third kappa shape index (κ3) is 4.47. The first kappa shape index (κ1) is 25.2. The van der Waals surface area contributed by atoms with Crippen molar-refractivity contribution in [2.45, 2.75) is 44.7 Å². The summed E-state index contributed by atoms with van der Waals surface area (Å²) < 4.78 is 16.3. The van der Waals surface area contributed by atoms with E-state index >= 15 is 0 Å². The molecule has 1 N–H and O–H groups in total. The second-order valence-corrected chi connectivity index (χ2v) is 10.1. The molecule has 190 valence electrons. The molecule has 1 saturated carbocycles. The summed E-state index contributed by atoms with van der Waals surface area (Å²) in [6.45, 7) is 1.47. The third-order valence-electron chi connectivity index (χ3n) is 6.96. The van der Waals surface area contributed by atoms with Crippen LogP contribution in [0.2, 0.25) is 10.0 Å². The molecular formula is C28H24Cl2FN3O3. The van der Waals surface area contributed by atoms with Gasteiger partial charge in [0.1, 0.15) is 17.3 Å². The van der Waals surface area contributed by atoms with Gasteiger partial charge in [-0.15, -0.1) is 0 Å². The summed E-state index contributed by atoms with van der Waals surface area (Å²) in [6.07, 6.45) is 3.89. The first-order chi connectivity index (χ1) is 17.7. The zero-order valence-corrected chi connectivity index (χ0v) is 21.6. The van der Waals surface area contributed by atoms with Gasteiger partial charge in [-0.3, -0.25) is 14.3 Å². The Kier molecular flexibility index (Phi) is 6.68. The summed E-state index contributed by atoms with van der Waals surface area (Å²) in [5.74, 6) is -1.20. The molecule has 1 aromatic heterocycles. The number of anilines is 1. The maximum absolute atomic E-state index is 14.3. The topological polar surface area (TPSA) is 75.4 Å². The van der Waals surface area contributed by atoms with Crippen molar-refractivity contribution >= 4 is 51.8 Å². The summed E-state index contributed by atoms with van der Waals surface area (Å²) in [6, 6.07) is 16.0. The van der Waals surface area contributed by atoms with E-state index in [0.717, 1.165) is 24.8 Å². The molecule has 6 nitrogen and oxygen atoms in total. The van der Waals surface area contributed by atoms with E-state index < -0.39 is 17.4 Å². The number of benzene rings is 3. The highest BCUT2D eigenvalue weighted by Gasteiger charge is 2.45. The number of aromatic carboxylic acids is 1. The van der Waals surface area contributed by atoms with Gasteiger partial charge in [-0.1, -0.05) is 29.6 Å². The lowest BCUT2D eigenvalue weighted by Gasteiger charge is -2.48. The number of aromatic nitrogens is 2. The Bertz CT molecular complexity index is 1510. The van der Waals surface area contributed by atoms with Crippen LogP contribution in [0.5, 0.6) is 0 Å². The lowest BCUT2D eigenvalue weighted by molar-refractivity contribution is -0.119. The predicted molar refractivity (Wildman–Crippen MR) is 143 cm³/mol. The number of amides is 1. The van der Waals surface area contributed by atoms with Gasteiger partial charge in [0.25, 0.3) is 0 Å². The molecule has 0 radical (unpaired) electrons. The monoisotopic (exact) mass is 539 g/mol. The molecule has 0 saturated heterocycles. The standard InChI is InChI=1S/C28H24Cl2FN3O3/c1-17(35)33(24-11-7-19(27(36)37)15-22(24)30)28(13-3-2-4-14-28)34-25-12-10-21(31)16-23(25)32-26(34)18-5-8-20(29)9-6-18/h5-12,15-16H,2-4,13-14H2,1H3,(H,36,37). The van der Waals surface area contributed by atoms with Gasteiger partial charge in [0, 0.05) is 23.6 Å². The molecule has 1 amide bonds. The molecule has 0 spiro atoms. The van der Waals surface area contributed by atoms with Crippen LogP contribution in [-0.2, 0) is 10.5 Å². The lowest BCUT2D eigenvalue weighted by Crippen LogP contribution is -2.54. The van der Waals surface area contributed by atoms with Crippen LogP contribution >= 0.6 is 23.2 Å². The Morgan fingerprint density at radius 2 is 1.70 bits per heavy atom. The fourth-order valence-electron chi connectivity index (χ4n) is 5.44. The van der Waals surface area contributed by atoms with E-state index in [1.165, 1.54) is 31.2 Å². The first-order valence-electron chi connectivity index (χ1n) is 12.0. The van der Waals surface area contributed by atoms with Crippen LogP contribution in [-0.4, -0.2) is 26.5 Å². The number of halogens is 3. The average Bonchev–Trinajstić information content (AvgIpc) is 3.25. The zero-order valence-electron chi connectivity index (χ0n) is 20.0. The van der Waals surface area contributed by atoms with E-state index in [-0.39, 0.29) is 16.5 Å². The van der Waals surface area contributed by atoms with Crippen molar-refractivity contribution < 1.29 is 19.1 Å². The molecule has 1 fully saturated rings. The molecule has 9 heteroatoms. The fraction of sp³-hybridized carbons (Fsp3) is 0.250. The van der Waals surface area contributed by atoms with Gasteiger partial charge < -0.3 is 5.11 Å². The summed E-state index contributed by atoms with van der Waals surface area (Å²) in [4.78, 5) is 31.4. The van der Waals surface area contributed by atoms with Gasteiger partial charge in [0.15, 0.2) is 0 Å². The average molecular weight is 540 g/mol. The fourth-order valence-corrected chi connectivity index (χ4v) is 5.83. The van der Waals surface area contributed by atoms with Crippen molar-refractivity contribution in [3.05, 3.63) is 82.1 Å². The van der Waals surface area contributed by atoms with Gasteiger partial charge >= 0.3 is 5.97 Å². The number of carboxylic acid groups (broad SMARTS) is 1.